The zero-order valence-electron chi connectivity index (χ0n) is 12.1. The van der Waals surface area contributed by atoms with Crippen molar-refractivity contribution < 1.29 is 4.42 Å². The van der Waals surface area contributed by atoms with Crippen molar-refractivity contribution >= 4 is 17.8 Å². The molecule has 0 spiro atoms. The zero-order chi connectivity index (χ0) is 13.5. The van der Waals surface area contributed by atoms with Gasteiger partial charge in [-0.3, -0.25) is 0 Å². The Balaban J connectivity index is 2.50. The molecule has 104 valence electrons. The van der Waals surface area contributed by atoms with Crippen LogP contribution >= 0.6 is 11.8 Å². The number of hydrogen-bond donors (Lipinski definition) is 1. The molecule has 18 heavy (non-hydrogen) atoms. The Morgan fingerprint density at radius 2 is 2.17 bits per heavy atom. The van der Waals surface area contributed by atoms with E-state index in [1.165, 1.54) is 0 Å². The maximum atomic E-state index is 5.53. The van der Waals surface area contributed by atoms with Crippen molar-refractivity contribution in [2.75, 3.05) is 24.0 Å². The van der Waals surface area contributed by atoms with Gasteiger partial charge in [-0.2, -0.15) is 16.7 Å². The summed E-state index contributed by atoms with van der Waals surface area (Å²) < 4.78 is 5.53. The van der Waals surface area contributed by atoms with E-state index in [0.717, 1.165) is 24.4 Å². The Bertz CT molecular complexity index is 341. The maximum absolute atomic E-state index is 5.53. The van der Waals surface area contributed by atoms with Crippen molar-refractivity contribution in [3.05, 3.63) is 12.0 Å². The van der Waals surface area contributed by atoms with Gasteiger partial charge in [0.15, 0.2) is 0 Å². The molecule has 4 nitrogen and oxygen atoms in total. The van der Waals surface area contributed by atoms with E-state index in [0.29, 0.717) is 18.1 Å². The van der Waals surface area contributed by atoms with Crippen LogP contribution in [0.3, 0.4) is 0 Å². The zero-order valence-corrected chi connectivity index (χ0v) is 12.9. The van der Waals surface area contributed by atoms with E-state index < -0.39 is 0 Å². The number of hydrogen-bond acceptors (Lipinski definition) is 5. The predicted octanol–water partition coefficient (Wildman–Crippen LogP) is 2.75. The van der Waals surface area contributed by atoms with Crippen LogP contribution in [-0.4, -0.2) is 36.1 Å². The van der Waals surface area contributed by atoms with E-state index in [1.807, 2.05) is 18.8 Å². The average Bonchev–Trinajstić information content (AvgIpc) is 2.81. The molecule has 1 heterocycles. The van der Waals surface area contributed by atoms with Crippen LogP contribution < -0.4 is 10.2 Å². The highest BCUT2D eigenvalue weighted by Gasteiger charge is 2.14. The van der Waals surface area contributed by atoms with Gasteiger partial charge in [-0.15, -0.1) is 0 Å². The lowest BCUT2D eigenvalue weighted by Crippen LogP contribution is -2.29. The second kappa shape index (κ2) is 7.69. The smallest absolute Gasteiger partial charge is 0.297 e. The first kappa shape index (κ1) is 15.4. The number of nitrogens with zero attached hydrogens (tertiary/aromatic N) is 2. The summed E-state index contributed by atoms with van der Waals surface area (Å²) in [6.07, 6.45) is 5.01. The molecule has 1 aromatic rings. The molecular formula is C13H25N3OS. The SMILES string of the molecule is CSCCC(C)N(C)c1nc(CNC(C)C)co1. The molecule has 0 fully saturated rings. The van der Waals surface area contributed by atoms with Crippen LogP contribution in [0.4, 0.5) is 6.01 Å². The molecule has 0 radical (unpaired) electrons. The number of thioether (sulfide) groups is 1. The third-order valence-electron chi connectivity index (χ3n) is 2.93. The van der Waals surface area contributed by atoms with Crippen LogP contribution in [-0.2, 0) is 6.54 Å². The first-order valence-corrected chi connectivity index (χ1v) is 7.83. The molecule has 0 aliphatic carbocycles. The van der Waals surface area contributed by atoms with Crippen molar-refractivity contribution in [1.29, 1.82) is 0 Å². The van der Waals surface area contributed by atoms with Gasteiger partial charge >= 0.3 is 0 Å². The van der Waals surface area contributed by atoms with Gasteiger partial charge in [-0.1, -0.05) is 13.8 Å². The minimum atomic E-state index is 0.446. The van der Waals surface area contributed by atoms with Gasteiger partial charge < -0.3 is 14.6 Å². The van der Waals surface area contributed by atoms with Gasteiger partial charge in [-0.25, -0.2) is 0 Å². The third-order valence-corrected chi connectivity index (χ3v) is 3.58. The van der Waals surface area contributed by atoms with Gasteiger partial charge in [0.1, 0.15) is 6.26 Å². The van der Waals surface area contributed by atoms with Crippen LogP contribution in [0.25, 0.3) is 0 Å². The van der Waals surface area contributed by atoms with E-state index >= 15 is 0 Å². The topological polar surface area (TPSA) is 41.3 Å². The minimum Gasteiger partial charge on any atom is -0.432 e. The molecule has 0 bridgehead atoms. The number of aromatic nitrogens is 1. The maximum Gasteiger partial charge on any atom is 0.297 e. The Labute approximate surface area is 115 Å². The largest absolute Gasteiger partial charge is 0.432 e. The molecule has 1 atom stereocenters. The lowest BCUT2D eigenvalue weighted by atomic mass is 10.2. The molecule has 1 rings (SSSR count). The second-order valence-corrected chi connectivity index (χ2v) is 5.88. The molecule has 5 heteroatoms. The van der Waals surface area contributed by atoms with Crippen molar-refractivity contribution in [2.45, 2.75) is 45.8 Å². The van der Waals surface area contributed by atoms with E-state index in [4.69, 9.17) is 4.42 Å². The molecule has 0 amide bonds. The fourth-order valence-electron chi connectivity index (χ4n) is 1.52. The highest BCUT2D eigenvalue weighted by molar-refractivity contribution is 7.98. The van der Waals surface area contributed by atoms with Crippen LogP contribution in [0.2, 0.25) is 0 Å². The van der Waals surface area contributed by atoms with Gasteiger partial charge in [0.25, 0.3) is 6.01 Å². The summed E-state index contributed by atoms with van der Waals surface area (Å²) in [5.74, 6) is 1.16. The Hall–Kier alpha value is -0.680. The molecule has 0 saturated carbocycles. The lowest BCUT2D eigenvalue weighted by Gasteiger charge is -2.22. The number of anilines is 1. The van der Waals surface area contributed by atoms with Crippen molar-refractivity contribution in [3.8, 4) is 0 Å². The van der Waals surface area contributed by atoms with Crippen LogP contribution in [0.5, 0.6) is 0 Å². The molecule has 1 aromatic heterocycles. The van der Waals surface area contributed by atoms with Gasteiger partial charge in [0.05, 0.1) is 5.69 Å². The Morgan fingerprint density at radius 1 is 1.44 bits per heavy atom. The van der Waals surface area contributed by atoms with Crippen LogP contribution in [0, 0.1) is 0 Å². The minimum absolute atomic E-state index is 0.446. The van der Waals surface area contributed by atoms with Crippen molar-refractivity contribution in [3.63, 3.8) is 0 Å². The van der Waals surface area contributed by atoms with E-state index in [9.17, 15) is 0 Å². The lowest BCUT2D eigenvalue weighted by molar-refractivity contribution is 0.515. The molecule has 0 saturated heterocycles. The Kier molecular flexibility index (Phi) is 6.57. The highest BCUT2D eigenvalue weighted by Crippen LogP contribution is 2.17. The van der Waals surface area contributed by atoms with Crippen molar-refractivity contribution in [1.82, 2.24) is 10.3 Å². The fourth-order valence-corrected chi connectivity index (χ4v) is 2.10. The third kappa shape index (κ3) is 4.90. The van der Waals surface area contributed by atoms with E-state index in [-0.39, 0.29) is 0 Å². The molecule has 1 unspecified atom stereocenters. The van der Waals surface area contributed by atoms with Crippen molar-refractivity contribution in [2.24, 2.45) is 0 Å². The molecule has 1 N–H and O–H groups in total. The summed E-state index contributed by atoms with van der Waals surface area (Å²) in [4.78, 5) is 6.61. The Morgan fingerprint density at radius 3 is 2.78 bits per heavy atom. The van der Waals surface area contributed by atoms with Gasteiger partial charge in [0, 0.05) is 25.7 Å². The average molecular weight is 271 g/mol. The number of rotatable bonds is 8. The second-order valence-electron chi connectivity index (χ2n) is 4.90. The summed E-state index contributed by atoms with van der Waals surface area (Å²) >= 11 is 1.87. The van der Waals surface area contributed by atoms with Crippen LogP contribution in [0.15, 0.2) is 10.7 Å². The normalized spacial score (nSPS) is 13.0. The first-order valence-electron chi connectivity index (χ1n) is 6.44. The van der Waals surface area contributed by atoms with Gasteiger partial charge in [-0.05, 0) is 25.4 Å². The molecule has 0 aliphatic rings. The first-order chi connectivity index (χ1) is 8.54. The van der Waals surface area contributed by atoms with E-state index in [1.54, 1.807) is 6.26 Å². The summed E-state index contributed by atoms with van der Waals surface area (Å²) in [6, 6.07) is 1.62. The molecular weight excluding hydrogens is 246 g/mol. The quantitative estimate of drug-likeness (QED) is 0.787. The summed E-state index contributed by atoms with van der Waals surface area (Å²) in [6.45, 7) is 7.20. The summed E-state index contributed by atoms with van der Waals surface area (Å²) in [7, 11) is 2.04. The molecule has 0 aromatic carbocycles. The standard InChI is InChI=1S/C13H25N3OS/c1-10(2)14-8-12-9-17-13(15-12)16(4)11(3)6-7-18-5/h9-11,14H,6-8H2,1-5H3. The number of oxazole rings is 1. The van der Waals surface area contributed by atoms with Crippen LogP contribution in [0.1, 0.15) is 32.9 Å². The van der Waals surface area contributed by atoms with E-state index in [2.05, 4.69) is 42.2 Å². The molecule has 0 aliphatic heterocycles. The monoisotopic (exact) mass is 271 g/mol. The van der Waals surface area contributed by atoms with Gasteiger partial charge in [0.2, 0.25) is 0 Å². The predicted molar refractivity (Wildman–Crippen MR) is 79.3 cm³/mol. The fraction of sp³-hybridized carbons (Fsp3) is 0.769. The summed E-state index contributed by atoms with van der Waals surface area (Å²) in [5.41, 5.74) is 0.961. The summed E-state index contributed by atoms with van der Waals surface area (Å²) in [5, 5.41) is 3.33. The highest BCUT2D eigenvalue weighted by atomic mass is 32.2. The number of nitrogens with one attached hydrogen (secondary N) is 1.